The van der Waals surface area contributed by atoms with Gasteiger partial charge in [0, 0.05) is 11.1 Å². The third-order valence-corrected chi connectivity index (χ3v) is 3.36. The lowest BCUT2D eigenvalue weighted by Gasteiger charge is -2.02. The summed E-state index contributed by atoms with van der Waals surface area (Å²) < 4.78 is 14.9. The molecule has 0 aliphatic rings. The van der Waals surface area contributed by atoms with E-state index in [1.807, 2.05) is 0 Å². The highest BCUT2D eigenvalue weighted by atomic mass is 32.1. The number of aromatic hydroxyl groups is 2. The zero-order chi connectivity index (χ0) is 16.4. The molecule has 0 unspecified atom stereocenters. The molecule has 23 heavy (non-hydrogen) atoms. The molecular formula is C15H11FN4O2S. The van der Waals surface area contributed by atoms with E-state index in [1.165, 1.54) is 29.1 Å². The molecule has 0 atom stereocenters. The molecule has 0 aliphatic carbocycles. The Morgan fingerprint density at radius 2 is 2.00 bits per heavy atom. The summed E-state index contributed by atoms with van der Waals surface area (Å²) >= 11 is 5.11. The fourth-order valence-corrected chi connectivity index (χ4v) is 2.17. The molecule has 0 aliphatic heterocycles. The van der Waals surface area contributed by atoms with Crippen molar-refractivity contribution in [1.82, 2.24) is 14.9 Å². The molecule has 2 aromatic carbocycles. The minimum absolute atomic E-state index is 0.208. The van der Waals surface area contributed by atoms with Crippen LogP contribution >= 0.6 is 12.2 Å². The van der Waals surface area contributed by atoms with Crippen LogP contribution in [0.4, 0.5) is 4.39 Å². The van der Waals surface area contributed by atoms with Gasteiger partial charge in [-0.1, -0.05) is 18.2 Å². The molecule has 0 bridgehead atoms. The number of hydrogen-bond donors (Lipinski definition) is 3. The standard InChI is InChI=1S/C15H11FN4O2S/c16-11-5-1-3-9(7-11)14-18-19-15(23)20(14)17-8-10-4-2-6-12(21)13(10)22/h1-8,21-22H,(H,19,23)/b17-8+. The summed E-state index contributed by atoms with van der Waals surface area (Å²) in [5.41, 5.74) is 0.799. The molecule has 6 nitrogen and oxygen atoms in total. The van der Waals surface area contributed by atoms with Crippen LogP contribution in [0.1, 0.15) is 5.56 Å². The molecule has 3 aromatic rings. The van der Waals surface area contributed by atoms with Crippen molar-refractivity contribution < 1.29 is 14.6 Å². The Bertz CT molecular complexity index is 949. The SMILES string of the molecule is Oc1cccc(/C=N/n2c(-c3cccc(F)c3)n[nH]c2=S)c1O. The molecule has 3 rings (SSSR count). The zero-order valence-corrected chi connectivity index (χ0v) is 12.5. The molecule has 0 saturated heterocycles. The highest BCUT2D eigenvalue weighted by molar-refractivity contribution is 7.71. The lowest BCUT2D eigenvalue weighted by atomic mass is 10.2. The zero-order valence-electron chi connectivity index (χ0n) is 11.6. The molecule has 0 radical (unpaired) electrons. The highest BCUT2D eigenvalue weighted by Crippen LogP contribution is 2.27. The number of hydrogen-bond acceptors (Lipinski definition) is 5. The summed E-state index contributed by atoms with van der Waals surface area (Å²) in [6, 6.07) is 10.4. The molecule has 1 heterocycles. The fraction of sp³-hybridized carbons (Fsp3) is 0. The highest BCUT2D eigenvalue weighted by Gasteiger charge is 2.09. The van der Waals surface area contributed by atoms with Crippen molar-refractivity contribution in [1.29, 1.82) is 0 Å². The average Bonchev–Trinajstić information content (AvgIpc) is 2.90. The Morgan fingerprint density at radius 3 is 2.78 bits per heavy atom. The molecule has 0 amide bonds. The average molecular weight is 330 g/mol. The quantitative estimate of drug-likeness (QED) is 0.391. The van der Waals surface area contributed by atoms with Gasteiger partial charge in [-0.3, -0.25) is 0 Å². The number of nitrogens with one attached hydrogen (secondary N) is 1. The first-order valence-electron chi connectivity index (χ1n) is 6.55. The van der Waals surface area contributed by atoms with Gasteiger partial charge in [0.2, 0.25) is 4.77 Å². The lowest BCUT2D eigenvalue weighted by Crippen LogP contribution is -1.95. The van der Waals surface area contributed by atoms with Crippen molar-refractivity contribution >= 4 is 18.4 Å². The number of H-pyrrole nitrogens is 1. The molecular weight excluding hydrogens is 319 g/mol. The molecule has 3 N–H and O–H groups in total. The maximum Gasteiger partial charge on any atom is 0.216 e. The van der Waals surface area contributed by atoms with Crippen LogP contribution in [0, 0.1) is 10.6 Å². The Hall–Kier alpha value is -3.00. The predicted molar refractivity (Wildman–Crippen MR) is 85.6 cm³/mol. The summed E-state index contributed by atoms with van der Waals surface area (Å²) in [6.07, 6.45) is 1.32. The van der Waals surface area contributed by atoms with E-state index in [0.717, 1.165) is 0 Å². The molecule has 8 heteroatoms. The van der Waals surface area contributed by atoms with Gasteiger partial charge < -0.3 is 10.2 Å². The minimum Gasteiger partial charge on any atom is -0.504 e. The van der Waals surface area contributed by atoms with Gasteiger partial charge in [-0.05, 0) is 36.5 Å². The van der Waals surface area contributed by atoms with Crippen LogP contribution in [0.5, 0.6) is 11.5 Å². The van der Waals surface area contributed by atoms with Crippen LogP contribution in [-0.4, -0.2) is 31.3 Å². The van der Waals surface area contributed by atoms with Gasteiger partial charge in [-0.2, -0.15) is 14.9 Å². The van der Waals surface area contributed by atoms with E-state index in [-0.39, 0.29) is 16.3 Å². The van der Waals surface area contributed by atoms with Crippen LogP contribution in [0.25, 0.3) is 11.4 Å². The second kappa shape index (κ2) is 6.01. The minimum atomic E-state index is -0.405. The summed E-state index contributed by atoms with van der Waals surface area (Å²) in [5.74, 6) is -0.628. The van der Waals surface area contributed by atoms with Gasteiger partial charge in [0.15, 0.2) is 17.3 Å². The van der Waals surface area contributed by atoms with Crippen molar-refractivity contribution in [2.75, 3.05) is 0 Å². The van der Waals surface area contributed by atoms with E-state index in [4.69, 9.17) is 12.2 Å². The maximum atomic E-state index is 13.4. The Morgan fingerprint density at radius 1 is 1.22 bits per heavy atom. The summed E-state index contributed by atoms with van der Waals surface area (Å²) in [4.78, 5) is 0. The van der Waals surface area contributed by atoms with Crippen LogP contribution in [0.2, 0.25) is 0 Å². The van der Waals surface area contributed by atoms with Gasteiger partial charge in [-0.25, -0.2) is 9.49 Å². The Balaban J connectivity index is 2.04. The Labute approximate surface area is 135 Å². The van der Waals surface area contributed by atoms with Crippen LogP contribution < -0.4 is 0 Å². The van der Waals surface area contributed by atoms with E-state index in [1.54, 1.807) is 24.3 Å². The molecule has 0 saturated carbocycles. The normalized spacial score (nSPS) is 11.2. The number of nitrogens with zero attached hydrogens (tertiary/aromatic N) is 3. The second-order valence-electron chi connectivity index (χ2n) is 4.63. The van der Waals surface area contributed by atoms with Crippen LogP contribution in [0.3, 0.4) is 0 Å². The number of benzene rings is 2. The summed E-state index contributed by atoms with van der Waals surface area (Å²) in [7, 11) is 0. The monoisotopic (exact) mass is 330 g/mol. The summed E-state index contributed by atoms with van der Waals surface area (Å²) in [6.45, 7) is 0. The number of phenolic OH excluding ortho intramolecular Hbond substituents is 2. The number of phenols is 2. The van der Waals surface area contributed by atoms with Gasteiger partial charge in [0.1, 0.15) is 5.82 Å². The summed E-state index contributed by atoms with van der Waals surface area (Å²) in [5, 5.41) is 30.0. The number of halogens is 1. The molecule has 1 aromatic heterocycles. The van der Waals surface area contributed by atoms with Crippen molar-refractivity contribution in [2.24, 2.45) is 5.10 Å². The third-order valence-electron chi connectivity index (χ3n) is 3.09. The molecule has 0 spiro atoms. The molecule has 116 valence electrons. The van der Waals surface area contributed by atoms with E-state index in [9.17, 15) is 14.6 Å². The van der Waals surface area contributed by atoms with E-state index >= 15 is 0 Å². The van der Waals surface area contributed by atoms with E-state index < -0.39 is 5.82 Å². The number of aromatic nitrogens is 3. The van der Waals surface area contributed by atoms with Gasteiger partial charge in [-0.15, -0.1) is 0 Å². The molecule has 0 fully saturated rings. The second-order valence-corrected chi connectivity index (χ2v) is 5.02. The smallest absolute Gasteiger partial charge is 0.216 e. The number of rotatable bonds is 3. The topological polar surface area (TPSA) is 86.4 Å². The Kier molecular flexibility index (Phi) is 3.90. The lowest BCUT2D eigenvalue weighted by molar-refractivity contribution is 0.403. The van der Waals surface area contributed by atoms with Crippen molar-refractivity contribution in [3.05, 3.63) is 58.6 Å². The first kappa shape index (κ1) is 14.9. The fourth-order valence-electron chi connectivity index (χ4n) is 1.99. The van der Waals surface area contributed by atoms with Crippen molar-refractivity contribution in [3.8, 4) is 22.9 Å². The van der Waals surface area contributed by atoms with E-state index in [0.29, 0.717) is 17.0 Å². The first-order valence-corrected chi connectivity index (χ1v) is 6.96. The first-order chi connectivity index (χ1) is 11.1. The predicted octanol–water partition coefficient (Wildman–Crippen LogP) is 3.04. The largest absolute Gasteiger partial charge is 0.504 e. The van der Waals surface area contributed by atoms with Crippen LogP contribution in [0.15, 0.2) is 47.6 Å². The third kappa shape index (κ3) is 2.97. The number of aromatic amines is 1. The van der Waals surface area contributed by atoms with E-state index in [2.05, 4.69) is 15.3 Å². The van der Waals surface area contributed by atoms with Gasteiger partial charge >= 0.3 is 0 Å². The van der Waals surface area contributed by atoms with Crippen molar-refractivity contribution in [3.63, 3.8) is 0 Å². The van der Waals surface area contributed by atoms with Crippen molar-refractivity contribution in [2.45, 2.75) is 0 Å². The van der Waals surface area contributed by atoms with Gasteiger partial charge in [0.05, 0.1) is 6.21 Å². The maximum absolute atomic E-state index is 13.4. The van der Waals surface area contributed by atoms with Gasteiger partial charge in [0.25, 0.3) is 0 Å². The number of para-hydroxylation sites is 1. The van der Waals surface area contributed by atoms with Crippen LogP contribution in [-0.2, 0) is 0 Å².